The van der Waals surface area contributed by atoms with Gasteiger partial charge in [0.2, 0.25) is 0 Å². The summed E-state index contributed by atoms with van der Waals surface area (Å²) < 4.78 is 0. The smallest absolute Gasteiger partial charge is 0.0269 e. The normalized spacial score (nSPS) is 14.9. The van der Waals surface area contributed by atoms with Gasteiger partial charge in [-0.2, -0.15) is 0 Å². The molecule has 128 valence electrons. The Bertz CT molecular complexity index is 315. The number of allylic oxidation sites excluding steroid dienone is 2. The second-order valence-electron chi connectivity index (χ2n) is 7.82. The molecule has 0 rings (SSSR count). The Labute approximate surface area is 141 Å². The van der Waals surface area contributed by atoms with Gasteiger partial charge in [0, 0.05) is 6.42 Å². The molecule has 0 radical (unpaired) electrons. The minimum absolute atomic E-state index is 0.788. The maximum atomic E-state index is 5.28. The Balaban J connectivity index is 3.57. The number of terminal acetylenes is 1. The second kappa shape index (κ2) is 13.9. The molecule has 0 amide bonds. The molecule has 0 N–H and O–H groups in total. The molecule has 2 atom stereocenters. The summed E-state index contributed by atoms with van der Waals surface area (Å²) >= 11 is 0. The second-order valence-corrected chi connectivity index (χ2v) is 7.82. The third kappa shape index (κ3) is 14.2. The van der Waals surface area contributed by atoms with Crippen LogP contribution in [0.4, 0.5) is 0 Å². The Morgan fingerprint density at radius 2 is 1.36 bits per heavy atom. The van der Waals surface area contributed by atoms with Crippen LogP contribution in [-0.2, 0) is 0 Å². The van der Waals surface area contributed by atoms with Gasteiger partial charge in [0.1, 0.15) is 0 Å². The molecule has 0 bridgehead atoms. The fourth-order valence-electron chi connectivity index (χ4n) is 3.04. The van der Waals surface area contributed by atoms with Crippen LogP contribution < -0.4 is 0 Å². The SMILES string of the molecule is C#CC/C=C(\C)CCCC(C)CCCC(C)CCCC(C)C. The molecule has 2 unspecified atom stereocenters. The third-order valence-corrected chi connectivity index (χ3v) is 4.71. The van der Waals surface area contributed by atoms with Gasteiger partial charge in [-0.1, -0.05) is 84.3 Å². The average molecular weight is 305 g/mol. The summed E-state index contributed by atoms with van der Waals surface area (Å²) in [6.45, 7) is 11.7. The van der Waals surface area contributed by atoms with Gasteiger partial charge in [-0.3, -0.25) is 0 Å². The van der Waals surface area contributed by atoms with Crippen LogP contribution in [0, 0.1) is 30.1 Å². The average Bonchev–Trinajstić information content (AvgIpc) is 2.44. The van der Waals surface area contributed by atoms with Crippen molar-refractivity contribution < 1.29 is 0 Å². The quantitative estimate of drug-likeness (QED) is 0.246. The van der Waals surface area contributed by atoms with Gasteiger partial charge in [0.15, 0.2) is 0 Å². The van der Waals surface area contributed by atoms with Gasteiger partial charge < -0.3 is 0 Å². The van der Waals surface area contributed by atoms with E-state index in [0.717, 1.165) is 24.2 Å². The largest absolute Gasteiger partial charge is 0.120 e. The molecule has 0 saturated carbocycles. The molecule has 0 aliphatic heterocycles. The van der Waals surface area contributed by atoms with E-state index in [1.165, 1.54) is 63.4 Å². The molecule has 0 nitrogen and oxygen atoms in total. The van der Waals surface area contributed by atoms with E-state index in [1.54, 1.807) is 0 Å². The molecule has 0 heterocycles. The summed E-state index contributed by atoms with van der Waals surface area (Å²) in [7, 11) is 0. The third-order valence-electron chi connectivity index (χ3n) is 4.71. The van der Waals surface area contributed by atoms with E-state index in [-0.39, 0.29) is 0 Å². The van der Waals surface area contributed by atoms with Gasteiger partial charge in [-0.05, 0) is 37.5 Å². The first-order valence-electron chi connectivity index (χ1n) is 9.54. The lowest BCUT2D eigenvalue weighted by Gasteiger charge is -2.15. The zero-order chi connectivity index (χ0) is 16.8. The molecule has 0 saturated heterocycles. The van der Waals surface area contributed by atoms with Gasteiger partial charge in [0.25, 0.3) is 0 Å². The maximum absolute atomic E-state index is 5.28. The van der Waals surface area contributed by atoms with E-state index >= 15 is 0 Å². The highest BCUT2D eigenvalue weighted by Crippen LogP contribution is 2.22. The highest BCUT2D eigenvalue weighted by molar-refractivity contribution is 5.04. The van der Waals surface area contributed by atoms with Gasteiger partial charge >= 0.3 is 0 Å². The fourth-order valence-corrected chi connectivity index (χ4v) is 3.04. The van der Waals surface area contributed by atoms with Crippen molar-refractivity contribution in [3.63, 3.8) is 0 Å². The van der Waals surface area contributed by atoms with Crippen molar-refractivity contribution >= 4 is 0 Å². The summed E-state index contributed by atoms with van der Waals surface area (Å²) in [4.78, 5) is 0. The summed E-state index contributed by atoms with van der Waals surface area (Å²) in [6.07, 6.45) is 20.6. The predicted octanol–water partition coefficient (Wildman–Crippen LogP) is 7.40. The van der Waals surface area contributed by atoms with Crippen LogP contribution in [0.1, 0.15) is 98.8 Å². The Kier molecular flexibility index (Phi) is 13.5. The minimum Gasteiger partial charge on any atom is -0.120 e. The van der Waals surface area contributed by atoms with Crippen molar-refractivity contribution in [3.05, 3.63) is 11.6 Å². The maximum Gasteiger partial charge on any atom is 0.0269 e. The zero-order valence-electron chi connectivity index (χ0n) is 16.0. The van der Waals surface area contributed by atoms with Crippen LogP contribution in [0.3, 0.4) is 0 Å². The van der Waals surface area contributed by atoms with Gasteiger partial charge in [-0.15, -0.1) is 12.3 Å². The van der Waals surface area contributed by atoms with Crippen molar-refractivity contribution in [2.45, 2.75) is 98.8 Å². The predicted molar refractivity (Wildman–Crippen MR) is 102 cm³/mol. The summed E-state index contributed by atoms with van der Waals surface area (Å²) in [6, 6.07) is 0. The van der Waals surface area contributed by atoms with Gasteiger partial charge in [-0.25, -0.2) is 0 Å². The zero-order valence-corrected chi connectivity index (χ0v) is 16.0. The lowest BCUT2D eigenvalue weighted by molar-refractivity contribution is 0.389. The molecule has 0 aliphatic rings. The van der Waals surface area contributed by atoms with E-state index in [4.69, 9.17) is 6.42 Å². The van der Waals surface area contributed by atoms with Crippen molar-refractivity contribution in [1.29, 1.82) is 0 Å². The molecule has 0 fully saturated rings. The Morgan fingerprint density at radius 1 is 0.864 bits per heavy atom. The number of hydrogen-bond acceptors (Lipinski definition) is 0. The van der Waals surface area contributed by atoms with Crippen LogP contribution in [-0.4, -0.2) is 0 Å². The van der Waals surface area contributed by atoms with Crippen molar-refractivity contribution in [2.75, 3.05) is 0 Å². The van der Waals surface area contributed by atoms with E-state index < -0.39 is 0 Å². The molecule has 0 heteroatoms. The van der Waals surface area contributed by atoms with Crippen LogP contribution in [0.5, 0.6) is 0 Å². The summed E-state index contributed by atoms with van der Waals surface area (Å²) in [5, 5.41) is 0. The van der Waals surface area contributed by atoms with Crippen LogP contribution in [0.15, 0.2) is 11.6 Å². The van der Waals surface area contributed by atoms with Crippen molar-refractivity contribution in [3.8, 4) is 12.3 Å². The van der Waals surface area contributed by atoms with E-state index in [2.05, 4.69) is 46.6 Å². The lowest BCUT2D eigenvalue weighted by Crippen LogP contribution is -2.00. The highest BCUT2D eigenvalue weighted by atomic mass is 14.1. The van der Waals surface area contributed by atoms with Crippen LogP contribution in [0.25, 0.3) is 0 Å². The number of hydrogen-bond donors (Lipinski definition) is 0. The Hall–Kier alpha value is -0.700. The summed E-state index contributed by atoms with van der Waals surface area (Å²) in [5.74, 6) is 5.34. The first-order chi connectivity index (χ1) is 10.5. The minimum atomic E-state index is 0.788. The fraction of sp³-hybridized carbons (Fsp3) is 0.818. The first-order valence-corrected chi connectivity index (χ1v) is 9.54. The first kappa shape index (κ1) is 21.3. The molecule has 0 aliphatic carbocycles. The van der Waals surface area contributed by atoms with Crippen molar-refractivity contribution in [2.24, 2.45) is 17.8 Å². The molecule has 0 aromatic carbocycles. The molecule has 0 aromatic rings. The lowest BCUT2D eigenvalue weighted by atomic mass is 9.91. The van der Waals surface area contributed by atoms with Gasteiger partial charge in [0.05, 0.1) is 0 Å². The highest BCUT2D eigenvalue weighted by Gasteiger charge is 2.06. The monoisotopic (exact) mass is 304 g/mol. The van der Waals surface area contributed by atoms with Crippen LogP contribution >= 0.6 is 0 Å². The molecular formula is C22H40. The topological polar surface area (TPSA) is 0 Å². The molecular weight excluding hydrogens is 264 g/mol. The summed E-state index contributed by atoms with van der Waals surface area (Å²) in [5.41, 5.74) is 1.46. The number of rotatable bonds is 13. The van der Waals surface area contributed by atoms with E-state index in [9.17, 15) is 0 Å². The van der Waals surface area contributed by atoms with E-state index in [1.807, 2.05) is 0 Å². The molecule has 0 spiro atoms. The molecule has 22 heavy (non-hydrogen) atoms. The molecule has 0 aromatic heterocycles. The van der Waals surface area contributed by atoms with E-state index in [0.29, 0.717) is 0 Å². The Morgan fingerprint density at radius 3 is 1.86 bits per heavy atom. The standard InChI is InChI=1S/C22H40/c1-7-8-13-20(4)15-10-17-22(6)18-11-16-21(5)14-9-12-19(2)3/h1,13,19,21-22H,8-12,14-18H2,2-6H3/b20-13+. The van der Waals surface area contributed by atoms with Crippen LogP contribution in [0.2, 0.25) is 0 Å². The van der Waals surface area contributed by atoms with Crippen molar-refractivity contribution in [1.82, 2.24) is 0 Å².